The van der Waals surface area contributed by atoms with Gasteiger partial charge in [-0.1, -0.05) is 11.6 Å². The highest BCUT2D eigenvalue weighted by molar-refractivity contribution is 6.31. The standard InChI is InChI=1S/C17H11ClF3NO3/c1-2-24-16(23)11(9-22)7-12-4-6-15(25-12)10-3-5-14(18)13(8-10)17(19,20)21/h3-8H,2H2,1H3/b11-7+. The Morgan fingerprint density at radius 1 is 1.36 bits per heavy atom. The number of alkyl halides is 3. The zero-order chi connectivity index (χ0) is 18.6. The van der Waals surface area contributed by atoms with Gasteiger partial charge in [0.15, 0.2) is 0 Å². The first-order valence-corrected chi connectivity index (χ1v) is 7.40. The van der Waals surface area contributed by atoms with Crippen molar-refractivity contribution in [3.63, 3.8) is 0 Å². The lowest BCUT2D eigenvalue weighted by atomic mass is 10.1. The summed E-state index contributed by atoms with van der Waals surface area (Å²) in [6.07, 6.45) is -3.44. The van der Waals surface area contributed by atoms with Gasteiger partial charge in [-0.25, -0.2) is 4.79 Å². The fourth-order valence-electron chi connectivity index (χ4n) is 1.97. The number of carbonyl (C=O) groups is 1. The summed E-state index contributed by atoms with van der Waals surface area (Å²) >= 11 is 5.58. The Kier molecular flexibility index (Phi) is 5.55. The summed E-state index contributed by atoms with van der Waals surface area (Å²) in [4.78, 5) is 11.6. The smallest absolute Gasteiger partial charge is 0.417 e. The van der Waals surface area contributed by atoms with Gasteiger partial charge >= 0.3 is 12.1 Å². The van der Waals surface area contributed by atoms with Gasteiger partial charge in [-0.05, 0) is 37.3 Å². The molecule has 0 saturated carbocycles. The number of carbonyl (C=O) groups excluding carboxylic acids is 1. The van der Waals surface area contributed by atoms with Crippen molar-refractivity contribution in [2.24, 2.45) is 0 Å². The van der Waals surface area contributed by atoms with Crippen LogP contribution in [-0.4, -0.2) is 12.6 Å². The number of hydrogen-bond donors (Lipinski definition) is 0. The SMILES string of the molecule is CCOC(=O)/C(C#N)=C/c1ccc(-c2ccc(Cl)c(C(F)(F)F)c2)o1. The van der Waals surface area contributed by atoms with Gasteiger partial charge in [0.1, 0.15) is 23.2 Å². The number of hydrogen-bond acceptors (Lipinski definition) is 4. The third-order valence-electron chi connectivity index (χ3n) is 3.09. The molecule has 0 unspecified atom stereocenters. The number of esters is 1. The van der Waals surface area contributed by atoms with E-state index in [2.05, 4.69) is 0 Å². The summed E-state index contributed by atoms with van der Waals surface area (Å²) in [6.45, 7) is 1.70. The minimum atomic E-state index is -4.60. The second-order valence-corrected chi connectivity index (χ2v) is 5.19. The Morgan fingerprint density at radius 3 is 2.68 bits per heavy atom. The lowest BCUT2D eigenvalue weighted by Crippen LogP contribution is -2.05. The average molecular weight is 370 g/mol. The molecule has 4 nitrogen and oxygen atoms in total. The minimum absolute atomic E-state index is 0.103. The lowest BCUT2D eigenvalue weighted by Gasteiger charge is -2.09. The molecule has 8 heteroatoms. The molecule has 1 aromatic carbocycles. The van der Waals surface area contributed by atoms with Crippen LogP contribution in [-0.2, 0) is 15.7 Å². The summed E-state index contributed by atoms with van der Waals surface area (Å²) in [7, 11) is 0. The number of halogens is 4. The van der Waals surface area contributed by atoms with E-state index in [0.717, 1.165) is 18.2 Å². The summed E-state index contributed by atoms with van der Waals surface area (Å²) in [5.74, 6) is -0.550. The van der Waals surface area contributed by atoms with E-state index in [-0.39, 0.29) is 29.3 Å². The van der Waals surface area contributed by atoms with Gasteiger partial charge in [-0.2, -0.15) is 18.4 Å². The van der Waals surface area contributed by atoms with Crippen LogP contribution in [0.1, 0.15) is 18.2 Å². The third-order valence-corrected chi connectivity index (χ3v) is 3.42. The number of nitriles is 1. The van der Waals surface area contributed by atoms with Crippen molar-refractivity contribution in [1.82, 2.24) is 0 Å². The van der Waals surface area contributed by atoms with E-state index >= 15 is 0 Å². The first kappa shape index (κ1) is 18.6. The highest BCUT2D eigenvalue weighted by atomic mass is 35.5. The molecule has 0 fully saturated rings. The second kappa shape index (κ2) is 7.45. The maximum absolute atomic E-state index is 12.9. The molecule has 0 N–H and O–H groups in total. The number of nitrogens with zero attached hydrogens (tertiary/aromatic N) is 1. The van der Waals surface area contributed by atoms with Gasteiger partial charge in [0.25, 0.3) is 0 Å². The van der Waals surface area contributed by atoms with E-state index in [1.165, 1.54) is 18.2 Å². The van der Waals surface area contributed by atoms with E-state index < -0.39 is 22.7 Å². The van der Waals surface area contributed by atoms with E-state index in [0.29, 0.717) is 0 Å². The number of furan rings is 1. The average Bonchev–Trinajstić information content (AvgIpc) is 3.00. The highest BCUT2D eigenvalue weighted by Gasteiger charge is 2.33. The van der Waals surface area contributed by atoms with Gasteiger partial charge in [-0.3, -0.25) is 0 Å². The number of ether oxygens (including phenoxy) is 1. The predicted octanol–water partition coefficient (Wildman–Crippen LogP) is 5.09. The van der Waals surface area contributed by atoms with Gasteiger partial charge < -0.3 is 9.15 Å². The predicted molar refractivity (Wildman–Crippen MR) is 84.4 cm³/mol. The lowest BCUT2D eigenvalue weighted by molar-refractivity contribution is -0.138. The van der Waals surface area contributed by atoms with E-state index in [1.807, 2.05) is 0 Å². The van der Waals surface area contributed by atoms with Crippen molar-refractivity contribution in [3.05, 3.63) is 52.3 Å². The monoisotopic (exact) mass is 369 g/mol. The van der Waals surface area contributed by atoms with E-state index in [1.54, 1.807) is 13.0 Å². The van der Waals surface area contributed by atoms with Gasteiger partial charge in [-0.15, -0.1) is 0 Å². The number of benzene rings is 1. The van der Waals surface area contributed by atoms with Crippen molar-refractivity contribution in [2.45, 2.75) is 13.1 Å². The molecule has 25 heavy (non-hydrogen) atoms. The molecule has 0 aliphatic rings. The largest absolute Gasteiger partial charge is 0.462 e. The molecule has 130 valence electrons. The molecule has 0 aliphatic heterocycles. The summed E-state index contributed by atoms with van der Waals surface area (Å²) in [5, 5.41) is 8.54. The van der Waals surface area contributed by atoms with Crippen molar-refractivity contribution in [2.75, 3.05) is 6.61 Å². The normalized spacial score (nSPS) is 11.9. The zero-order valence-corrected chi connectivity index (χ0v) is 13.6. The first-order valence-electron chi connectivity index (χ1n) is 7.02. The van der Waals surface area contributed by atoms with Crippen LogP contribution in [0, 0.1) is 11.3 Å². The fraction of sp³-hybridized carbons (Fsp3) is 0.176. The molecule has 0 atom stereocenters. The van der Waals surface area contributed by atoms with Gasteiger partial charge in [0.2, 0.25) is 0 Å². The maximum Gasteiger partial charge on any atom is 0.417 e. The molecule has 0 bridgehead atoms. The molecule has 0 aliphatic carbocycles. The zero-order valence-electron chi connectivity index (χ0n) is 12.9. The Labute approximate surface area is 146 Å². The highest BCUT2D eigenvalue weighted by Crippen LogP contribution is 2.37. The Bertz CT molecular complexity index is 863. The molecule has 2 rings (SSSR count). The molecular weight excluding hydrogens is 359 g/mol. The van der Waals surface area contributed by atoms with Crippen molar-refractivity contribution < 1.29 is 27.1 Å². The maximum atomic E-state index is 12.9. The Morgan fingerprint density at radius 2 is 2.08 bits per heavy atom. The van der Waals surface area contributed by atoms with Crippen molar-refractivity contribution >= 4 is 23.6 Å². The van der Waals surface area contributed by atoms with Crippen LogP contribution >= 0.6 is 11.6 Å². The quantitative estimate of drug-likeness (QED) is 0.428. The molecule has 0 spiro atoms. The van der Waals surface area contributed by atoms with Crippen LogP contribution in [0.4, 0.5) is 13.2 Å². The first-order chi connectivity index (χ1) is 11.8. The van der Waals surface area contributed by atoms with Crippen LogP contribution in [0.15, 0.2) is 40.3 Å². The Balaban J connectivity index is 2.36. The van der Waals surface area contributed by atoms with Crippen LogP contribution in [0.5, 0.6) is 0 Å². The third kappa shape index (κ3) is 4.43. The molecule has 0 amide bonds. The number of rotatable bonds is 4. The topological polar surface area (TPSA) is 63.2 Å². The molecule has 1 aromatic heterocycles. The van der Waals surface area contributed by atoms with E-state index in [4.69, 9.17) is 26.0 Å². The van der Waals surface area contributed by atoms with Gasteiger partial charge in [0, 0.05) is 11.6 Å². The second-order valence-electron chi connectivity index (χ2n) is 4.78. The fourth-order valence-corrected chi connectivity index (χ4v) is 2.19. The Hall–Kier alpha value is -2.72. The molecule has 0 radical (unpaired) electrons. The van der Waals surface area contributed by atoms with E-state index in [9.17, 15) is 18.0 Å². The summed E-state index contributed by atoms with van der Waals surface area (Å²) in [6, 6.07) is 7.90. The van der Waals surface area contributed by atoms with Crippen molar-refractivity contribution in [3.8, 4) is 17.4 Å². The summed E-state index contributed by atoms with van der Waals surface area (Å²) in [5.41, 5.74) is -1.11. The van der Waals surface area contributed by atoms with Crippen LogP contribution in [0.25, 0.3) is 17.4 Å². The molecule has 1 heterocycles. The van der Waals surface area contributed by atoms with Crippen molar-refractivity contribution in [1.29, 1.82) is 5.26 Å². The molecular formula is C17H11ClF3NO3. The summed E-state index contributed by atoms with van der Waals surface area (Å²) < 4.78 is 48.9. The van der Waals surface area contributed by atoms with Crippen LogP contribution in [0.2, 0.25) is 5.02 Å². The van der Waals surface area contributed by atoms with Gasteiger partial charge in [0.05, 0.1) is 17.2 Å². The minimum Gasteiger partial charge on any atom is -0.462 e. The van der Waals surface area contributed by atoms with Crippen LogP contribution < -0.4 is 0 Å². The van der Waals surface area contributed by atoms with Crippen LogP contribution in [0.3, 0.4) is 0 Å². The molecule has 2 aromatic rings. The molecule has 0 saturated heterocycles.